The SMILES string of the molecule is COc1cc(/C=C2/SC(=O)NC2=O)ccc1OCC(=O)O. The zero-order chi connectivity index (χ0) is 15.4. The quantitative estimate of drug-likeness (QED) is 0.794. The van der Waals surface area contributed by atoms with E-state index in [1.165, 1.54) is 19.3 Å². The molecule has 1 aromatic carbocycles. The summed E-state index contributed by atoms with van der Waals surface area (Å²) in [5, 5.41) is 10.3. The van der Waals surface area contributed by atoms with Crippen LogP contribution in [0, 0.1) is 0 Å². The summed E-state index contributed by atoms with van der Waals surface area (Å²) in [5.74, 6) is -0.932. The van der Waals surface area contributed by atoms with Crippen LogP contribution in [0.1, 0.15) is 5.56 Å². The Morgan fingerprint density at radius 1 is 1.38 bits per heavy atom. The molecule has 0 atom stereocenters. The van der Waals surface area contributed by atoms with E-state index in [0.29, 0.717) is 11.3 Å². The van der Waals surface area contributed by atoms with Gasteiger partial charge in [0.2, 0.25) is 0 Å². The smallest absolute Gasteiger partial charge is 0.341 e. The van der Waals surface area contributed by atoms with E-state index in [9.17, 15) is 14.4 Å². The molecule has 0 radical (unpaired) electrons. The number of carboxylic acid groups (broad SMARTS) is 1. The average Bonchev–Trinajstić information content (AvgIpc) is 2.75. The Bertz CT molecular complexity index is 640. The Labute approximate surface area is 123 Å². The van der Waals surface area contributed by atoms with E-state index < -0.39 is 23.7 Å². The van der Waals surface area contributed by atoms with Crippen molar-refractivity contribution < 1.29 is 29.0 Å². The number of hydrogen-bond acceptors (Lipinski definition) is 6. The molecule has 2 N–H and O–H groups in total. The molecule has 2 amide bonds. The lowest BCUT2D eigenvalue weighted by Gasteiger charge is -2.09. The number of rotatable bonds is 5. The number of amides is 2. The van der Waals surface area contributed by atoms with Crippen molar-refractivity contribution in [3.8, 4) is 11.5 Å². The number of aliphatic carboxylic acids is 1. The van der Waals surface area contributed by atoms with E-state index in [4.69, 9.17) is 14.6 Å². The van der Waals surface area contributed by atoms with Crippen LogP contribution in [0.2, 0.25) is 0 Å². The number of carbonyl (C=O) groups excluding carboxylic acids is 2. The molecule has 7 nitrogen and oxygen atoms in total. The van der Waals surface area contributed by atoms with Crippen molar-refractivity contribution in [2.24, 2.45) is 0 Å². The number of carbonyl (C=O) groups is 3. The van der Waals surface area contributed by atoms with Gasteiger partial charge in [-0.1, -0.05) is 6.07 Å². The van der Waals surface area contributed by atoms with Crippen LogP contribution in [-0.4, -0.2) is 35.9 Å². The molecule has 0 saturated carbocycles. The van der Waals surface area contributed by atoms with Crippen LogP contribution in [0.25, 0.3) is 6.08 Å². The monoisotopic (exact) mass is 309 g/mol. The van der Waals surface area contributed by atoms with Crippen molar-refractivity contribution in [1.82, 2.24) is 5.32 Å². The molecular weight excluding hydrogens is 298 g/mol. The Hall–Kier alpha value is -2.48. The first-order chi connectivity index (χ1) is 9.99. The van der Waals surface area contributed by atoms with Gasteiger partial charge in [-0.2, -0.15) is 0 Å². The van der Waals surface area contributed by atoms with Crippen LogP contribution >= 0.6 is 11.8 Å². The van der Waals surface area contributed by atoms with Gasteiger partial charge in [-0.05, 0) is 35.5 Å². The van der Waals surface area contributed by atoms with Crippen LogP contribution in [0.3, 0.4) is 0 Å². The summed E-state index contributed by atoms with van der Waals surface area (Å²) in [7, 11) is 1.42. The maximum absolute atomic E-state index is 11.4. The number of methoxy groups -OCH3 is 1. The molecule has 0 bridgehead atoms. The lowest BCUT2D eigenvalue weighted by Crippen LogP contribution is -2.17. The maximum atomic E-state index is 11.4. The van der Waals surface area contributed by atoms with Gasteiger partial charge in [-0.15, -0.1) is 0 Å². The summed E-state index contributed by atoms with van der Waals surface area (Å²) >= 11 is 0.812. The van der Waals surface area contributed by atoms with Crippen LogP contribution < -0.4 is 14.8 Å². The van der Waals surface area contributed by atoms with Gasteiger partial charge in [0.25, 0.3) is 11.1 Å². The summed E-state index contributed by atoms with van der Waals surface area (Å²) in [6, 6.07) is 4.75. The molecule has 1 fully saturated rings. The van der Waals surface area contributed by atoms with Crippen LogP contribution in [0.4, 0.5) is 4.79 Å². The second-order valence-corrected chi connectivity index (χ2v) is 4.96. The fraction of sp³-hybridized carbons (Fsp3) is 0.154. The number of hydrogen-bond donors (Lipinski definition) is 2. The zero-order valence-corrected chi connectivity index (χ0v) is 11.7. The topological polar surface area (TPSA) is 102 Å². The highest BCUT2D eigenvalue weighted by Gasteiger charge is 2.25. The first-order valence-electron chi connectivity index (χ1n) is 5.77. The van der Waals surface area contributed by atoms with E-state index in [1.54, 1.807) is 12.1 Å². The number of carboxylic acids is 1. The van der Waals surface area contributed by atoms with Crippen molar-refractivity contribution in [3.63, 3.8) is 0 Å². The van der Waals surface area contributed by atoms with E-state index >= 15 is 0 Å². The Balaban J connectivity index is 2.23. The minimum Gasteiger partial charge on any atom is -0.493 e. The van der Waals surface area contributed by atoms with Crippen molar-refractivity contribution in [1.29, 1.82) is 0 Å². The van der Waals surface area contributed by atoms with E-state index in [0.717, 1.165) is 11.8 Å². The molecule has 1 aromatic rings. The second kappa shape index (κ2) is 6.31. The van der Waals surface area contributed by atoms with Gasteiger partial charge in [0.15, 0.2) is 18.1 Å². The average molecular weight is 309 g/mol. The summed E-state index contributed by atoms with van der Waals surface area (Å²) in [6.07, 6.45) is 1.54. The van der Waals surface area contributed by atoms with Gasteiger partial charge in [0.1, 0.15) is 0 Å². The molecular formula is C13H11NO6S. The van der Waals surface area contributed by atoms with E-state index in [-0.39, 0.29) is 10.7 Å². The van der Waals surface area contributed by atoms with Crippen LogP contribution in [0.15, 0.2) is 23.1 Å². The third-order valence-corrected chi connectivity index (χ3v) is 3.29. The predicted molar refractivity (Wildman–Crippen MR) is 75.2 cm³/mol. The highest BCUT2D eigenvalue weighted by atomic mass is 32.2. The standard InChI is InChI=1S/C13H11NO6S/c1-19-9-4-7(2-3-8(9)20-6-11(15)16)5-10-12(17)14-13(18)21-10/h2-5H,6H2,1H3,(H,15,16)(H,14,17,18)/b10-5+. The molecule has 8 heteroatoms. The molecule has 1 aliphatic rings. The third-order valence-electron chi connectivity index (χ3n) is 2.48. The number of thioether (sulfide) groups is 1. The summed E-state index contributed by atoms with van der Waals surface area (Å²) in [5.41, 5.74) is 0.627. The fourth-order valence-electron chi connectivity index (χ4n) is 1.61. The van der Waals surface area contributed by atoms with Gasteiger partial charge in [0, 0.05) is 0 Å². The highest BCUT2D eigenvalue weighted by Crippen LogP contribution is 2.31. The lowest BCUT2D eigenvalue weighted by atomic mass is 10.2. The first-order valence-corrected chi connectivity index (χ1v) is 6.58. The zero-order valence-electron chi connectivity index (χ0n) is 10.9. The van der Waals surface area contributed by atoms with Gasteiger partial charge < -0.3 is 14.6 Å². The molecule has 2 rings (SSSR count). The van der Waals surface area contributed by atoms with Crippen LogP contribution in [0.5, 0.6) is 11.5 Å². The van der Waals surface area contributed by atoms with Gasteiger partial charge in [-0.25, -0.2) is 4.79 Å². The van der Waals surface area contributed by atoms with Crippen molar-refractivity contribution in [2.75, 3.05) is 13.7 Å². The fourth-order valence-corrected chi connectivity index (χ4v) is 2.29. The van der Waals surface area contributed by atoms with E-state index in [1.807, 2.05) is 0 Å². The largest absolute Gasteiger partial charge is 0.493 e. The molecule has 0 aliphatic carbocycles. The van der Waals surface area contributed by atoms with Crippen molar-refractivity contribution >= 4 is 35.0 Å². The normalized spacial score (nSPS) is 16.0. The van der Waals surface area contributed by atoms with Gasteiger partial charge >= 0.3 is 5.97 Å². The molecule has 110 valence electrons. The van der Waals surface area contributed by atoms with Crippen molar-refractivity contribution in [3.05, 3.63) is 28.7 Å². The number of nitrogens with one attached hydrogen (secondary N) is 1. The molecule has 0 unspecified atom stereocenters. The van der Waals surface area contributed by atoms with Crippen molar-refractivity contribution in [2.45, 2.75) is 0 Å². The van der Waals surface area contributed by atoms with Gasteiger partial charge in [-0.3, -0.25) is 14.9 Å². The second-order valence-electron chi connectivity index (χ2n) is 3.94. The Morgan fingerprint density at radius 2 is 2.14 bits per heavy atom. The molecule has 1 aliphatic heterocycles. The van der Waals surface area contributed by atoms with E-state index in [2.05, 4.69) is 5.32 Å². The highest BCUT2D eigenvalue weighted by molar-refractivity contribution is 8.18. The van der Waals surface area contributed by atoms with Gasteiger partial charge in [0.05, 0.1) is 12.0 Å². The number of imide groups is 1. The summed E-state index contributed by atoms with van der Waals surface area (Å²) in [4.78, 5) is 33.3. The number of ether oxygens (including phenoxy) is 2. The Kier molecular flexibility index (Phi) is 4.49. The first kappa shape index (κ1) is 14.9. The molecule has 0 aromatic heterocycles. The minimum atomic E-state index is -1.10. The predicted octanol–water partition coefficient (Wildman–Crippen LogP) is 1.48. The maximum Gasteiger partial charge on any atom is 0.341 e. The summed E-state index contributed by atoms with van der Waals surface area (Å²) in [6.45, 7) is -0.483. The molecule has 0 spiro atoms. The minimum absolute atomic E-state index is 0.279. The Morgan fingerprint density at radius 3 is 2.71 bits per heavy atom. The lowest BCUT2D eigenvalue weighted by molar-refractivity contribution is -0.139. The number of benzene rings is 1. The molecule has 1 heterocycles. The summed E-state index contributed by atoms with van der Waals surface area (Å²) < 4.78 is 10.2. The molecule has 21 heavy (non-hydrogen) atoms. The third kappa shape index (κ3) is 3.76. The molecule has 1 saturated heterocycles. The van der Waals surface area contributed by atoms with Crippen LogP contribution in [-0.2, 0) is 9.59 Å².